The predicted octanol–water partition coefficient (Wildman–Crippen LogP) is 2.07. The summed E-state index contributed by atoms with van der Waals surface area (Å²) in [6, 6.07) is 6.80. The Morgan fingerprint density at radius 1 is 0.800 bits per heavy atom. The van der Waals surface area contributed by atoms with E-state index in [1.807, 2.05) is 0 Å². The highest BCUT2D eigenvalue weighted by atomic mass is 32.2. The average molecular weight is 369 g/mol. The summed E-state index contributed by atoms with van der Waals surface area (Å²) in [5.74, 6) is 1.22. The lowest BCUT2D eigenvalue weighted by Gasteiger charge is -2.15. The summed E-state index contributed by atoms with van der Waals surface area (Å²) in [4.78, 5) is -0.112. The number of methoxy groups -OCH3 is 4. The van der Waals surface area contributed by atoms with Crippen LogP contribution >= 0.6 is 0 Å². The molecule has 2 aromatic carbocycles. The van der Waals surface area contributed by atoms with Crippen LogP contribution in [0.4, 0.5) is 5.69 Å². The van der Waals surface area contributed by atoms with Gasteiger partial charge in [0.1, 0.15) is 10.6 Å². The minimum atomic E-state index is -4.12. The van der Waals surface area contributed by atoms with Gasteiger partial charge in [-0.15, -0.1) is 0 Å². The first-order chi connectivity index (χ1) is 11.9. The predicted molar refractivity (Wildman–Crippen MR) is 91.3 cm³/mol. The SMILES string of the molecule is COc1ccc(S(=O)(=O)Oc2cc(OC)c(OC)c(OC)c2)cc1N. The van der Waals surface area contributed by atoms with E-state index in [9.17, 15) is 8.42 Å². The smallest absolute Gasteiger partial charge is 0.339 e. The zero-order chi connectivity index (χ0) is 18.6. The van der Waals surface area contributed by atoms with Gasteiger partial charge in [0.2, 0.25) is 5.75 Å². The molecule has 0 saturated heterocycles. The van der Waals surface area contributed by atoms with Gasteiger partial charge < -0.3 is 28.9 Å². The Morgan fingerprint density at radius 2 is 1.36 bits per heavy atom. The van der Waals surface area contributed by atoms with Crippen LogP contribution in [0.3, 0.4) is 0 Å². The Balaban J connectivity index is 2.42. The molecule has 0 aliphatic carbocycles. The van der Waals surface area contributed by atoms with Gasteiger partial charge in [0.05, 0.1) is 34.1 Å². The molecule has 2 rings (SSSR count). The topological polar surface area (TPSA) is 106 Å². The molecule has 0 aliphatic rings. The summed E-state index contributed by atoms with van der Waals surface area (Å²) in [6.07, 6.45) is 0. The lowest BCUT2D eigenvalue weighted by molar-refractivity contribution is 0.322. The van der Waals surface area contributed by atoms with Crippen molar-refractivity contribution in [1.82, 2.24) is 0 Å². The lowest BCUT2D eigenvalue weighted by Crippen LogP contribution is -2.11. The number of rotatable bonds is 7. The van der Waals surface area contributed by atoms with Crippen LogP contribution in [0.15, 0.2) is 35.2 Å². The minimum Gasteiger partial charge on any atom is -0.495 e. The van der Waals surface area contributed by atoms with Crippen molar-refractivity contribution in [2.75, 3.05) is 34.2 Å². The van der Waals surface area contributed by atoms with Gasteiger partial charge in [-0.25, -0.2) is 0 Å². The third kappa shape index (κ3) is 3.82. The molecule has 0 unspecified atom stereocenters. The maximum absolute atomic E-state index is 12.5. The molecule has 0 saturated carbocycles. The number of nitrogens with two attached hydrogens (primary N) is 1. The van der Waals surface area contributed by atoms with E-state index in [-0.39, 0.29) is 27.8 Å². The molecule has 0 spiro atoms. The Kier molecular flexibility index (Phi) is 5.48. The molecule has 0 fully saturated rings. The van der Waals surface area contributed by atoms with Gasteiger partial charge >= 0.3 is 10.1 Å². The maximum atomic E-state index is 12.5. The third-order valence-electron chi connectivity index (χ3n) is 3.33. The molecule has 0 radical (unpaired) electrons. The summed E-state index contributed by atoms with van der Waals surface area (Å²) in [7, 11) is 1.59. The summed E-state index contributed by atoms with van der Waals surface area (Å²) in [5, 5.41) is 0. The van der Waals surface area contributed by atoms with Gasteiger partial charge in [0.25, 0.3) is 0 Å². The van der Waals surface area contributed by atoms with Crippen LogP contribution in [0.1, 0.15) is 0 Å². The van der Waals surface area contributed by atoms with Crippen LogP contribution in [-0.2, 0) is 10.1 Å². The fourth-order valence-electron chi connectivity index (χ4n) is 2.15. The van der Waals surface area contributed by atoms with Gasteiger partial charge in [-0.2, -0.15) is 8.42 Å². The molecule has 2 N–H and O–H groups in total. The molecule has 8 nitrogen and oxygen atoms in total. The molecular weight excluding hydrogens is 350 g/mol. The molecule has 0 bridgehead atoms. The van der Waals surface area contributed by atoms with Gasteiger partial charge in [-0.3, -0.25) is 0 Å². The van der Waals surface area contributed by atoms with Crippen molar-refractivity contribution in [3.05, 3.63) is 30.3 Å². The van der Waals surface area contributed by atoms with Crippen LogP contribution in [0.5, 0.6) is 28.7 Å². The van der Waals surface area contributed by atoms with Gasteiger partial charge in [0, 0.05) is 12.1 Å². The Labute approximate surface area is 146 Å². The molecule has 0 heterocycles. The van der Waals surface area contributed by atoms with Gasteiger partial charge in [-0.05, 0) is 18.2 Å². The van der Waals surface area contributed by atoms with E-state index in [1.165, 1.54) is 58.8 Å². The molecule has 0 amide bonds. The van der Waals surface area contributed by atoms with Crippen molar-refractivity contribution in [3.63, 3.8) is 0 Å². The van der Waals surface area contributed by atoms with E-state index >= 15 is 0 Å². The highest BCUT2D eigenvalue weighted by molar-refractivity contribution is 7.87. The van der Waals surface area contributed by atoms with Crippen molar-refractivity contribution < 1.29 is 31.5 Å². The number of ether oxygens (including phenoxy) is 4. The lowest BCUT2D eigenvalue weighted by atomic mass is 10.2. The Bertz CT molecular complexity index is 840. The molecule has 136 valence electrons. The minimum absolute atomic E-state index is 0.00360. The van der Waals surface area contributed by atoms with Crippen LogP contribution in [0.2, 0.25) is 0 Å². The second-order valence-corrected chi connectivity index (χ2v) is 6.35. The first kappa shape index (κ1) is 18.5. The van der Waals surface area contributed by atoms with E-state index in [0.717, 1.165) is 0 Å². The standard InChI is InChI=1S/C16H19NO7S/c1-20-13-6-5-11(9-12(13)17)25(18,19)24-10-7-14(21-2)16(23-4)15(8-10)22-3/h5-9H,17H2,1-4H3. The van der Waals surface area contributed by atoms with Gasteiger partial charge in [-0.1, -0.05) is 0 Å². The van der Waals surface area contributed by atoms with Crippen molar-refractivity contribution in [1.29, 1.82) is 0 Å². The molecule has 0 aromatic heterocycles. The number of anilines is 1. The number of hydrogen-bond acceptors (Lipinski definition) is 8. The largest absolute Gasteiger partial charge is 0.495 e. The quantitative estimate of drug-likeness (QED) is 0.584. The highest BCUT2D eigenvalue weighted by Gasteiger charge is 2.21. The molecule has 2 aromatic rings. The molecule has 0 aliphatic heterocycles. The van der Waals surface area contributed by atoms with Crippen molar-refractivity contribution in [3.8, 4) is 28.7 Å². The number of hydrogen-bond donors (Lipinski definition) is 1. The second kappa shape index (κ2) is 7.39. The summed E-state index contributed by atoms with van der Waals surface area (Å²) in [5.41, 5.74) is 5.93. The Hall–Kier alpha value is -2.81. The van der Waals surface area contributed by atoms with Crippen LogP contribution in [0, 0.1) is 0 Å². The van der Waals surface area contributed by atoms with Crippen molar-refractivity contribution >= 4 is 15.8 Å². The summed E-state index contributed by atoms with van der Waals surface area (Å²) >= 11 is 0. The summed E-state index contributed by atoms with van der Waals surface area (Å²) < 4.78 is 50.7. The molecule has 0 atom stereocenters. The average Bonchev–Trinajstić information content (AvgIpc) is 2.60. The zero-order valence-corrected chi connectivity index (χ0v) is 15.0. The Morgan fingerprint density at radius 3 is 1.80 bits per heavy atom. The number of nitrogen functional groups attached to an aromatic ring is 1. The van der Waals surface area contributed by atoms with E-state index in [0.29, 0.717) is 11.5 Å². The fraction of sp³-hybridized carbons (Fsp3) is 0.250. The highest BCUT2D eigenvalue weighted by Crippen LogP contribution is 2.41. The molecule has 25 heavy (non-hydrogen) atoms. The summed E-state index contributed by atoms with van der Waals surface area (Å²) in [6.45, 7) is 0. The van der Waals surface area contributed by atoms with Crippen LogP contribution in [-0.4, -0.2) is 36.9 Å². The monoisotopic (exact) mass is 369 g/mol. The van der Waals surface area contributed by atoms with Crippen LogP contribution < -0.4 is 28.9 Å². The normalized spacial score (nSPS) is 10.9. The molecule has 9 heteroatoms. The van der Waals surface area contributed by atoms with Crippen molar-refractivity contribution in [2.45, 2.75) is 4.90 Å². The first-order valence-corrected chi connectivity index (χ1v) is 8.45. The van der Waals surface area contributed by atoms with E-state index < -0.39 is 10.1 Å². The van der Waals surface area contributed by atoms with E-state index in [1.54, 1.807) is 0 Å². The van der Waals surface area contributed by atoms with E-state index in [2.05, 4.69) is 0 Å². The fourth-order valence-corrected chi connectivity index (χ4v) is 3.10. The van der Waals surface area contributed by atoms with Crippen LogP contribution in [0.25, 0.3) is 0 Å². The zero-order valence-electron chi connectivity index (χ0n) is 14.2. The number of benzene rings is 2. The third-order valence-corrected chi connectivity index (χ3v) is 4.58. The maximum Gasteiger partial charge on any atom is 0.339 e. The second-order valence-electron chi connectivity index (χ2n) is 4.80. The first-order valence-electron chi connectivity index (χ1n) is 7.04. The van der Waals surface area contributed by atoms with E-state index in [4.69, 9.17) is 28.9 Å². The molecular formula is C16H19NO7S. The van der Waals surface area contributed by atoms with Crippen molar-refractivity contribution in [2.24, 2.45) is 0 Å². The van der Waals surface area contributed by atoms with Gasteiger partial charge in [0.15, 0.2) is 17.2 Å².